The van der Waals surface area contributed by atoms with Crippen molar-refractivity contribution in [3.8, 4) is 0 Å². The molecule has 0 aromatic heterocycles. The monoisotopic (exact) mass is 416 g/mol. The van der Waals surface area contributed by atoms with Crippen LogP contribution in [0.3, 0.4) is 0 Å². The Balaban J connectivity index is 2.02. The third kappa shape index (κ3) is 6.00. The normalized spacial score (nSPS) is 12.1. The van der Waals surface area contributed by atoms with E-state index in [1.54, 1.807) is 0 Å². The number of benzene rings is 2. The second kappa shape index (κ2) is 9.49. The lowest BCUT2D eigenvalue weighted by Gasteiger charge is -2.15. The zero-order valence-electron chi connectivity index (χ0n) is 16.6. The Morgan fingerprint density at radius 2 is 1.79 bits per heavy atom. The number of nitrogens with one attached hydrogen (secondary N) is 2. The maximum Gasteiger partial charge on any atom is 0.338 e. The number of sulfonamides is 1. The molecule has 2 aromatic rings. The van der Waals surface area contributed by atoms with Gasteiger partial charge in [-0.2, -0.15) is 0 Å². The van der Waals surface area contributed by atoms with Gasteiger partial charge in [-0.3, -0.25) is 4.79 Å². The minimum Gasteiger partial charge on any atom is -0.449 e. The van der Waals surface area contributed by atoms with Gasteiger partial charge in [0.15, 0.2) is 6.10 Å². The molecule has 0 spiro atoms. The fourth-order valence-electron chi connectivity index (χ4n) is 2.41. The van der Waals surface area contributed by atoms with Crippen LogP contribution in [0.25, 0.3) is 0 Å². The molecular formula is C21H24N2O5S. The van der Waals surface area contributed by atoms with E-state index in [9.17, 15) is 18.0 Å². The van der Waals surface area contributed by atoms with Gasteiger partial charge in [0.2, 0.25) is 10.0 Å². The summed E-state index contributed by atoms with van der Waals surface area (Å²) in [5.74, 6) is -1.18. The highest BCUT2D eigenvalue weighted by atomic mass is 32.2. The number of hydrogen-bond donors (Lipinski definition) is 2. The fraction of sp³-hybridized carbons (Fsp3) is 0.238. The lowest BCUT2D eigenvalue weighted by atomic mass is 10.1. The third-order valence-electron chi connectivity index (χ3n) is 4.12. The van der Waals surface area contributed by atoms with Crippen molar-refractivity contribution in [3.63, 3.8) is 0 Å². The molecule has 8 heteroatoms. The Labute approximate surface area is 170 Å². The molecule has 2 rings (SSSR count). The highest BCUT2D eigenvalue weighted by Gasteiger charge is 2.20. The zero-order chi connectivity index (χ0) is 21.6. The first-order chi connectivity index (χ1) is 13.6. The summed E-state index contributed by atoms with van der Waals surface area (Å²) in [5.41, 5.74) is 2.68. The van der Waals surface area contributed by atoms with Crippen molar-refractivity contribution in [3.05, 3.63) is 71.8 Å². The van der Waals surface area contributed by atoms with Gasteiger partial charge in [-0.15, -0.1) is 6.58 Å². The van der Waals surface area contributed by atoms with E-state index in [1.165, 1.54) is 37.3 Å². The molecule has 1 amide bonds. The summed E-state index contributed by atoms with van der Waals surface area (Å²) in [7, 11) is -3.68. The predicted molar refractivity (Wildman–Crippen MR) is 111 cm³/mol. The van der Waals surface area contributed by atoms with Crippen LogP contribution in [0.5, 0.6) is 0 Å². The highest BCUT2D eigenvalue weighted by molar-refractivity contribution is 7.89. The van der Waals surface area contributed by atoms with Crippen LogP contribution in [0.4, 0.5) is 5.69 Å². The second-order valence-electron chi connectivity index (χ2n) is 6.52. The van der Waals surface area contributed by atoms with E-state index in [2.05, 4.69) is 16.6 Å². The highest BCUT2D eigenvalue weighted by Crippen LogP contribution is 2.17. The molecule has 0 heterocycles. The summed E-state index contributed by atoms with van der Waals surface area (Å²) in [6, 6.07) is 10.9. The van der Waals surface area contributed by atoms with Crippen LogP contribution in [-0.4, -0.2) is 32.9 Å². The molecule has 2 N–H and O–H groups in total. The average molecular weight is 416 g/mol. The van der Waals surface area contributed by atoms with Crippen molar-refractivity contribution in [2.75, 3.05) is 11.9 Å². The average Bonchev–Trinajstić information content (AvgIpc) is 2.69. The van der Waals surface area contributed by atoms with Crippen LogP contribution >= 0.6 is 0 Å². The molecule has 0 aliphatic carbocycles. The molecule has 0 saturated heterocycles. The minimum absolute atomic E-state index is 0.0108. The van der Waals surface area contributed by atoms with Gasteiger partial charge in [0, 0.05) is 12.2 Å². The Bertz CT molecular complexity index is 1010. The molecule has 0 bridgehead atoms. The molecule has 1 atom stereocenters. The number of carbonyl (C=O) groups is 2. The predicted octanol–water partition coefficient (Wildman–Crippen LogP) is 2.95. The van der Waals surface area contributed by atoms with Crippen molar-refractivity contribution in [2.24, 2.45) is 0 Å². The van der Waals surface area contributed by atoms with Crippen LogP contribution in [-0.2, 0) is 19.6 Å². The first-order valence-electron chi connectivity index (χ1n) is 8.94. The summed E-state index contributed by atoms with van der Waals surface area (Å²) in [4.78, 5) is 24.6. The van der Waals surface area contributed by atoms with E-state index < -0.39 is 28.0 Å². The van der Waals surface area contributed by atoms with Crippen LogP contribution in [0, 0.1) is 13.8 Å². The Morgan fingerprint density at radius 3 is 2.41 bits per heavy atom. The number of amides is 1. The largest absolute Gasteiger partial charge is 0.449 e. The molecule has 154 valence electrons. The van der Waals surface area contributed by atoms with E-state index >= 15 is 0 Å². The number of rotatable bonds is 8. The van der Waals surface area contributed by atoms with Crippen LogP contribution in [0.2, 0.25) is 0 Å². The first kappa shape index (κ1) is 22.3. The van der Waals surface area contributed by atoms with E-state index in [-0.39, 0.29) is 17.0 Å². The van der Waals surface area contributed by atoms with E-state index in [0.717, 1.165) is 11.1 Å². The van der Waals surface area contributed by atoms with Gasteiger partial charge in [-0.05, 0) is 62.2 Å². The number of carbonyl (C=O) groups excluding carboxylic acids is 2. The van der Waals surface area contributed by atoms with Crippen LogP contribution in [0.1, 0.15) is 28.4 Å². The van der Waals surface area contributed by atoms with E-state index in [4.69, 9.17) is 4.74 Å². The van der Waals surface area contributed by atoms with Crippen molar-refractivity contribution in [1.82, 2.24) is 4.72 Å². The summed E-state index contributed by atoms with van der Waals surface area (Å²) in [6.07, 6.45) is 0.397. The molecule has 2 aromatic carbocycles. The van der Waals surface area contributed by atoms with Crippen LogP contribution in [0.15, 0.2) is 60.0 Å². The zero-order valence-corrected chi connectivity index (χ0v) is 17.4. The molecule has 7 nitrogen and oxygen atoms in total. The smallest absolute Gasteiger partial charge is 0.338 e. The molecule has 0 radical (unpaired) electrons. The molecule has 0 fully saturated rings. The van der Waals surface area contributed by atoms with Gasteiger partial charge in [-0.1, -0.05) is 18.2 Å². The van der Waals surface area contributed by atoms with E-state index in [1.807, 2.05) is 32.0 Å². The molecule has 0 aliphatic rings. The molecule has 29 heavy (non-hydrogen) atoms. The number of ether oxygens (including phenoxy) is 1. The summed E-state index contributed by atoms with van der Waals surface area (Å²) >= 11 is 0. The fourth-order valence-corrected chi connectivity index (χ4v) is 3.41. The molecule has 0 saturated carbocycles. The number of hydrogen-bond acceptors (Lipinski definition) is 5. The quantitative estimate of drug-likeness (QED) is 0.509. The number of aryl methyl sites for hydroxylation is 2. The SMILES string of the molecule is C=CCNS(=O)(=O)c1ccc(C(=O)O[C@H](C)C(=O)Nc2cc(C)ccc2C)cc1. The number of anilines is 1. The third-order valence-corrected chi connectivity index (χ3v) is 5.56. The molecule has 0 unspecified atom stereocenters. The Kier molecular flexibility index (Phi) is 7.30. The van der Waals surface area contributed by atoms with Crippen molar-refractivity contribution >= 4 is 27.6 Å². The second-order valence-corrected chi connectivity index (χ2v) is 8.29. The van der Waals surface area contributed by atoms with Crippen molar-refractivity contribution < 1.29 is 22.7 Å². The molecule has 0 aliphatic heterocycles. The van der Waals surface area contributed by atoms with Gasteiger partial charge in [0.05, 0.1) is 10.5 Å². The van der Waals surface area contributed by atoms with Crippen molar-refractivity contribution in [1.29, 1.82) is 0 Å². The Morgan fingerprint density at radius 1 is 1.14 bits per heavy atom. The summed E-state index contributed by atoms with van der Waals surface area (Å²) in [5, 5.41) is 2.74. The van der Waals surface area contributed by atoms with E-state index in [0.29, 0.717) is 5.69 Å². The lowest BCUT2D eigenvalue weighted by molar-refractivity contribution is -0.123. The maximum atomic E-state index is 12.3. The van der Waals surface area contributed by atoms with Gasteiger partial charge in [-0.25, -0.2) is 17.9 Å². The van der Waals surface area contributed by atoms with Gasteiger partial charge < -0.3 is 10.1 Å². The Hall–Kier alpha value is -2.97. The minimum atomic E-state index is -3.68. The topological polar surface area (TPSA) is 102 Å². The summed E-state index contributed by atoms with van der Waals surface area (Å²) in [6.45, 7) is 8.79. The van der Waals surface area contributed by atoms with Gasteiger partial charge >= 0.3 is 5.97 Å². The lowest BCUT2D eigenvalue weighted by Crippen LogP contribution is -2.30. The van der Waals surface area contributed by atoms with Gasteiger partial charge in [0.1, 0.15) is 0 Å². The standard InChI is InChI=1S/C21H24N2O5S/c1-5-12-22-29(26,27)18-10-8-17(9-11-18)21(25)28-16(4)20(24)23-19-13-14(2)6-7-15(19)3/h5-11,13,16,22H,1,12H2,2-4H3,(H,23,24)/t16-/m1/s1. The maximum absolute atomic E-state index is 12.3. The van der Waals surface area contributed by atoms with Gasteiger partial charge in [0.25, 0.3) is 5.91 Å². The van der Waals surface area contributed by atoms with Crippen molar-refractivity contribution in [2.45, 2.75) is 31.8 Å². The molecular weight excluding hydrogens is 392 g/mol. The number of esters is 1. The first-order valence-corrected chi connectivity index (χ1v) is 10.4. The summed E-state index contributed by atoms with van der Waals surface area (Å²) < 4.78 is 31.6. The van der Waals surface area contributed by atoms with Crippen LogP contribution < -0.4 is 10.0 Å².